The molecule has 1 aromatic carbocycles. The maximum atomic E-state index is 2.37. The Bertz CT molecular complexity index is 287. The Labute approximate surface area is 80.4 Å². The summed E-state index contributed by atoms with van der Waals surface area (Å²) in [5, 5.41) is 0. The molecule has 13 heavy (non-hydrogen) atoms. The summed E-state index contributed by atoms with van der Waals surface area (Å²) in [4.78, 5) is 2.37. The Morgan fingerprint density at radius 2 is 2.00 bits per heavy atom. The molecule has 1 fully saturated rings. The van der Waals surface area contributed by atoms with Crippen molar-refractivity contribution in [3.05, 3.63) is 35.4 Å². The van der Waals surface area contributed by atoms with E-state index < -0.39 is 0 Å². The Balaban J connectivity index is 2.19. The molecule has 70 valence electrons. The van der Waals surface area contributed by atoms with Crippen LogP contribution in [-0.4, -0.2) is 25.0 Å². The molecule has 0 atom stereocenters. The van der Waals surface area contributed by atoms with Gasteiger partial charge in [-0.25, -0.2) is 0 Å². The van der Waals surface area contributed by atoms with E-state index in [4.69, 9.17) is 0 Å². The molecule has 0 aliphatic carbocycles. The average molecular weight is 175 g/mol. The molecule has 1 aliphatic rings. The summed E-state index contributed by atoms with van der Waals surface area (Å²) in [7, 11) is 2.19. The normalized spacial score (nSPS) is 18.6. The molecule has 1 heteroatoms. The van der Waals surface area contributed by atoms with Gasteiger partial charge >= 0.3 is 0 Å². The van der Waals surface area contributed by atoms with Crippen LogP contribution in [0.3, 0.4) is 0 Å². The first kappa shape index (κ1) is 8.76. The number of likely N-dealkylation sites (N-methyl/N-ethyl adjacent to an activating group) is 1. The van der Waals surface area contributed by atoms with E-state index in [0.717, 1.165) is 12.3 Å². The first-order chi connectivity index (χ1) is 6.31. The van der Waals surface area contributed by atoms with Gasteiger partial charge in [-0.05, 0) is 24.6 Å². The van der Waals surface area contributed by atoms with Crippen molar-refractivity contribution in [2.45, 2.75) is 19.3 Å². The Hall–Kier alpha value is -0.820. The number of hydrogen-bond donors (Lipinski definition) is 0. The zero-order valence-corrected chi connectivity index (χ0v) is 8.46. The largest absolute Gasteiger partial charge is 0.305 e. The van der Waals surface area contributed by atoms with Crippen LogP contribution in [0.1, 0.15) is 24.0 Å². The molecule has 0 bridgehead atoms. The fourth-order valence-electron chi connectivity index (χ4n) is 2.15. The van der Waals surface area contributed by atoms with Crippen LogP contribution in [0.25, 0.3) is 0 Å². The Kier molecular flexibility index (Phi) is 2.36. The lowest BCUT2D eigenvalue weighted by Crippen LogP contribution is -2.42. The van der Waals surface area contributed by atoms with Gasteiger partial charge in [0.15, 0.2) is 0 Å². The summed E-state index contributed by atoms with van der Waals surface area (Å²) in [6, 6.07) is 8.85. The van der Waals surface area contributed by atoms with Crippen molar-refractivity contribution in [2.24, 2.45) is 0 Å². The minimum absolute atomic E-state index is 0.793. The third-order valence-corrected chi connectivity index (χ3v) is 2.94. The van der Waals surface area contributed by atoms with Crippen LogP contribution in [0.15, 0.2) is 24.3 Å². The van der Waals surface area contributed by atoms with Gasteiger partial charge in [-0.1, -0.05) is 31.2 Å². The predicted molar refractivity (Wildman–Crippen MR) is 56.1 cm³/mol. The minimum Gasteiger partial charge on any atom is -0.305 e. The topological polar surface area (TPSA) is 3.24 Å². The number of rotatable bonds is 2. The van der Waals surface area contributed by atoms with Gasteiger partial charge in [0.1, 0.15) is 0 Å². The zero-order chi connectivity index (χ0) is 9.26. The van der Waals surface area contributed by atoms with Gasteiger partial charge in [-0.3, -0.25) is 0 Å². The molecule has 0 aromatic heterocycles. The maximum absolute atomic E-state index is 2.37. The van der Waals surface area contributed by atoms with E-state index in [-0.39, 0.29) is 0 Å². The molecule has 0 amide bonds. The molecular formula is C12H17N. The molecule has 0 radical (unpaired) electrons. The van der Waals surface area contributed by atoms with Crippen LogP contribution < -0.4 is 0 Å². The third kappa shape index (κ3) is 1.61. The van der Waals surface area contributed by atoms with Gasteiger partial charge in [-0.15, -0.1) is 0 Å². The fourth-order valence-corrected chi connectivity index (χ4v) is 2.15. The van der Waals surface area contributed by atoms with Crippen LogP contribution in [0, 0.1) is 0 Å². The molecule has 0 unspecified atom stereocenters. The smallest absolute Gasteiger partial charge is 0.00960 e. The highest BCUT2D eigenvalue weighted by Gasteiger charge is 2.25. The molecule has 1 nitrogen and oxygen atoms in total. The molecule has 0 spiro atoms. The van der Waals surface area contributed by atoms with Gasteiger partial charge in [0.2, 0.25) is 0 Å². The van der Waals surface area contributed by atoms with E-state index in [1.807, 2.05) is 0 Å². The van der Waals surface area contributed by atoms with Crippen molar-refractivity contribution in [1.82, 2.24) is 4.90 Å². The van der Waals surface area contributed by atoms with Crippen molar-refractivity contribution < 1.29 is 0 Å². The molecule has 0 saturated carbocycles. The minimum atomic E-state index is 0.793. The standard InChI is InChI=1S/C12H17N/c1-3-10-6-4-5-7-12(10)11-8-13(2)9-11/h4-7,11H,3,8-9H2,1-2H3. The van der Waals surface area contributed by atoms with Crippen molar-refractivity contribution in [3.63, 3.8) is 0 Å². The van der Waals surface area contributed by atoms with Gasteiger partial charge < -0.3 is 4.90 Å². The lowest BCUT2D eigenvalue weighted by molar-refractivity contribution is 0.189. The summed E-state index contributed by atoms with van der Waals surface area (Å²) in [6.07, 6.45) is 1.16. The van der Waals surface area contributed by atoms with E-state index in [9.17, 15) is 0 Å². The third-order valence-electron chi connectivity index (χ3n) is 2.94. The lowest BCUT2D eigenvalue weighted by Gasteiger charge is -2.37. The van der Waals surface area contributed by atoms with Gasteiger partial charge in [0, 0.05) is 19.0 Å². The highest BCUT2D eigenvalue weighted by atomic mass is 15.2. The van der Waals surface area contributed by atoms with Crippen molar-refractivity contribution in [3.8, 4) is 0 Å². The number of benzene rings is 1. The summed E-state index contributed by atoms with van der Waals surface area (Å²) >= 11 is 0. The first-order valence-electron chi connectivity index (χ1n) is 5.07. The maximum Gasteiger partial charge on any atom is 0.00960 e. The van der Waals surface area contributed by atoms with Crippen LogP contribution in [0.5, 0.6) is 0 Å². The second-order valence-electron chi connectivity index (χ2n) is 3.97. The van der Waals surface area contributed by atoms with Crippen molar-refractivity contribution in [2.75, 3.05) is 20.1 Å². The molecule has 1 heterocycles. The van der Waals surface area contributed by atoms with E-state index in [2.05, 4.69) is 43.1 Å². The second-order valence-corrected chi connectivity index (χ2v) is 3.97. The van der Waals surface area contributed by atoms with E-state index >= 15 is 0 Å². The zero-order valence-electron chi connectivity index (χ0n) is 8.46. The Morgan fingerprint density at radius 3 is 2.62 bits per heavy atom. The average Bonchev–Trinajstić information content (AvgIpc) is 2.13. The SMILES string of the molecule is CCc1ccccc1C1CN(C)C1. The van der Waals surface area contributed by atoms with Crippen LogP contribution >= 0.6 is 0 Å². The number of aryl methyl sites for hydroxylation is 1. The summed E-state index contributed by atoms with van der Waals surface area (Å²) in [5.41, 5.74) is 3.10. The quantitative estimate of drug-likeness (QED) is 0.666. The van der Waals surface area contributed by atoms with E-state index in [1.165, 1.54) is 18.7 Å². The highest BCUT2D eigenvalue weighted by Crippen LogP contribution is 2.28. The molecule has 2 rings (SSSR count). The van der Waals surface area contributed by atoms with Gasteiger partial charge in [-0.2, -0.15) is 0 Å². The summed E-state index contributed by atoms with van der Waals surface area (Å²) < 4.78 is 0. The summed E-state index contributed by atoms with van der Waals surface area (Å²) in [5.74, 6) is 0.793. The molecule has 0 N–H and O–H groups in total. The summed E-state index contributed by atoms with van der Waals surface area (Å²) in [6.45, 7) is 4.70. The second kappa shape index (κ2) is 3.51. The van der Waals surface area contributed by atoms with Crippen LogP contribution in [0.4, 0.5) is 0 Å². The van der Waals surface area contributed by atoms with Crippen molar-refractivity contribution in [1.29, 1.82) is 0 Å². The number of hydrogen-bond acceptors (Lipinski definition) is 1. The lowest BCUT2D eigenvalue weighted by atomic mass is 9.88. The molecular weight excluding hydrogens is 158 g/mol. The molecule has 1 saturated heterocycles. The number of likely N-dealkylation sites (tertiary alicyclic amines) is 1. The monoisotopic (exact) mass is 175 g/mol. The van der Waals surface area contributed by atoms with Gasteiger partial charge in [0.05, 0.1) is 0 Å². The van der Waals surface area contributed by atoms with E-state index in [1.54, 1.807) is 5.56 Å². The first-order valence-corrected chi connectivity index (χ1v) is 5.07. The number of nitrogens with zero attached hydrogens (tertiary/aromatic N) is 1. The Morgan fingerprint density at radius 1 is 1.31 bits per heavy atom. The van der Waals surface area contributed by atoms with E-state index in [0.29, 0.717) is 0 Å². The fraction of sp³-hybridized carbons (Fsp3) is 0.500. The van der Waals surface area contributed by atoms with Crippen molar-refractivity contribution >= 4 is 0 Å². The van der Waals surface area contributed by atoms with Gasteiger partial charge in [0.25, 0.3) is 0 Å². The molecule has 1 aromatic rings. The molecule has 1 aliphatic heterocycles. The van der Waals surface area contributed by atoms with Crippen LogP contribution in [-0.2, 0) is 6.42 Å². The van der Waals surface area contributed by atoms with Crippen LogP contribution in [0.2, 0.25) is 0 Å². The predicted octanol–water partition coefficient (Wildman–Crippen LogP) is 2.28. The highest BCUT2D eigenvalue weighted by molar-refractivity contribution is 5.32.